The second-order valence-electron chi connectivity index (χ2n) is 6.22. The van der Waals surface area contributed by atoms with Crippen molar-refractivity contribution in [3.63, 3.8) is 0 Å². The van der Waals surface area contributed by atoms with Crippen molar-refractivity contribution in [3.8, 4) is 0 Å². The third kappa shape index (κ3) is 3.30. The normalized spacial score (nSPS) is 41.3. The van der Waals surface area contributed by atoms with Gasteiger partial charge < -0.3 is 8.23 Å². The van der Waals surface area contributed by atoms with Crippen molar-refractivity contribution in [1.29, 1.82) is 0 Å². The number of alkyl halides is 1. The van der Waals surface area contributed by atoms with Crippen LogP contribution in [0.5, 0.6) is 0 Å². The predicted molar refractivity (Wildman–Crippen MR) is 87.7 cm³/mol. The second kappa shape index (κ2) is 6.54. The summed E-state index contributed by atoms with van der Waals surface area (Å²) in [5.74, 6) is 0.732. The Bertz CT molecular complexity index is 280. The fourth-order valence-corrected chi connectivity index (χ4v) is 22.7. The van der Waals surface area contributed by atoms with Gasteiger partial charge in [-0.05, 0) is 42.3 Å². The van der Waals surface area contributed by atoms with Gasteiger partial charge in [-0.1, -0.05) is 27.7 Å². The third-order valence-electron chi connectivity index (χ3n) is 4.98. The molecule has 4 unspecified atom stereocenters. The average molecular weight is 325 g/mol. The molecule has 0 spiro atoms. The third-order valence-corrected chi connectivity index (χ3v) is 23.2. The lowest BCUT2D eigenvalue weighted by atomic mass is 10.6. The van der Waals surface area contributed by atoms with Gasteiger partial charge in [-0.3, -0.25) is 0 Å². The van der Waals surface area contributed by atoms with E-state index in [1.54, 1.807) is 0 Å². The van der Waals surface area contributed by atoms with Gasteiger partial charge in [-0.2, -0.15) is 0 Å². The average Bonchev–Trinajstić information content (AvgIpc) is 2.33. The minimum Gasteiger partial charge on any atom is -0.438 e. The summed E-state index contributed by atoms with van der Waals surface area (Å²) >= 11 is 5.82. The van der Waals surface area contributed by atoms with Crippen molar-refractivity contribution in [2.45, 2.75) is 70.0 Å². The summed E-state index contributed by atoms with van der Waals surface area (Å²) in [5, 5.41) is 0.690. The molecule has 1 fully saturated rings. The number of hydrogen-bond acceptors (Lipinski definition) is 2. The van der Waals surface area contributed by atoms with Crippen LogP contribution in [0.1, 0.15) is 34.1 Å². The molecule has 2 nitrogen and oxygen atoms in total. The zero-order chi connectivity index (χ0) is 14.0. The first-order valence-electron chi connectivity index (χ1n) is 7.21. The van der Waals surface area contributed by atoms with E-state index in [1.807, 2.05) is 0 Å². The quantitative estimate of drug-likeness (QED) is 0.551. The van der Waals surface area contributed by atoms with Crippen LogP contribution >= 0.6 is 11.6 Å². The Labute approximate surface area is 122 Å². The van der Waals surface area contributed by atoms with Gasteiger partial charge in [0.25, 0.3) is 0 Å². The van der Waals surface area contributed by atoms with E-state index < -0.39 is 25.9 Å². The van der Waals surface area contributed by atoms with E-state index in [1.165, 1.54) is 6.04 Å². The molecule has 1 rings (SSSR count). The Kier molecular flexibility index (Phi) is 6.15. The maximum atomic E-state index is 6.58. The largest absolute Gasteiger partial charge is 0.438 e. The Balaban J connectivity index is 2.91. The fraction of sp³-hybridized carbons (Fsp3) is 1.00. The molecule has 1 saturated heterocycles. The van der Waals surface area contributed by atoms with Gasteiger partial charge in [0.2, 0.25) is 0 Å². The van der Waals surface area contributed by atoms with Gasteiger partial charge >= 0.3 is 9.28 Å². The number of hydrogen-bond donors (Lipinski definition) is 0. The highest BCUT2D eigenvalue weighted by molar-refractivity contribution is 6.99. The first kappa shape index (κ1) is 16.9. The zero-order valence-electron chi connectivity index (χ0n) is 12.8. The van der Waals surface area contributed by atoms with Crippen molar-refractivity contribution in [2.75, 3.05) is 5.88 Å². The highest BCUT2D eigenvalue weighted by Crippen LogP contribution is 2.46. The van der Waals surface area contributed by atoms with Crippen LogP contribution in [0.2, 0.25) is 35.9 Å². The van der Waals surface area contributed by atoms with E-state index in [0.29, 0.717) is 10.7 Å². The molecule has 108 valence electrons. The van der Waals surface area contributed by atoms with Gasteiger partial charge in [0, 0.05) is 5.88 Å². The molecule has 0 aliphatic carbocycles. The number of rotatable bonds is 5. The molecule has 1 aliphatic rings. The van der Waals surface area contributed by atoms with Gasteiger partial charge in [0.15, 0.2) is 16.6 Å². The standard InChI is InChI=1S/C12H29ClO2Si3/c1-7-17(5)12(4)18(6,11(2)3)15-16(14-17)10-8-9-13/h11-12,16H,7-10H2,1-6H3. The topological polar surface area (TPSA) is 18.5 Å². The molecule has 0 aromatic carbocycles. The van der Waals surface area contributed by atoms with Crippen LogP contribution < -0.4 is 0 Å². The first-order valence-corrected chi connectivity index (χ1v) is 14.8. The van der Waals surface area contributed by atoms with Crippen molar-refractivity contribution < 1.29 is 8.23 Å². The van der Waals surface area contributed by atoms with Gasteiger partial charge in [0.05, 0.1) is 0 Å². The van der Waals surface area contributed by atoms with Crippen molar-refractivity contribution in [1.82, 2.24) is 0 Å². The lowest BCUT2D eigenvalue weighted by molar-refractivity contribution is 0.364. The van der Waals surface area contributed by atoms with Crippen LogP contribution in [0.3, 0.4) is 0 Å². The van der Waals surface area contributed by atoms with Gasteiger partial charge in [-0.15, -0.1) is 11.6 Å². The minimum atomic E-state index is -1.63. The molecule has 0 saturated carbocycles. The first-order chi connectivity index (χ1) is 8.30. The minimum absolute atomic E-state index is 0.681. The van der Waals surface area contributed by atoms with E-state index in [2.05, 4.69) is 40.8 Å². The Hall–Kier alpha value is 0.861. The van der Waals surface area contributed by atoms with Crippen molar-refractivity contribution in [3.05, 3.63) is 0 Å². The highest BCUT2D eigenvalue weighted by atomic mass is 35.5. The van der Waals surface area contributed by atoms with E-state index in [-0.39, 0.29) is 0 Å². The van der Waals surface area contributed by atoms with Crippen LogP contribution in [-0.4, -0.2) is 31.8 Å². The predicted octanol–water partition coefficient (Wildman–Crippen LogP) is 4.39. The van der Waals surface area contributed by atoms with Crippen molar-refractivity contribution >= 4 is 37.5 Å². The molecule has 18 heavy (non-hydrogen) atoms. The van der Waals surface area contributed by atoms with Crippen LogP contribution in [0, 0.1) is 0 Å². The number of halogens is 1. The molecule has 0 bridgehead atoms. The highest BCUT2D eigenvalue weighted by Gasteiger charge is 2.55. The summed E-state index contributed by atoms with van der Waals surface area (Å²) in [6, 6.07) is 2.31. The van der Waals surface area contributed by atoms with Gasteiger partial charge in [-0.25, -0.2) is 0 Å². The van der Waals surface area contributed by atoms with Gasteiger partial charge in [0.1, 0.15) is 0 Å². The van der Waals surface area contributed by atoms with E-state index >= 15 is 0 Å². The summed E-state index contributed by atoms with van der Waals surface area (Å²) in [7, 11) is -4.67. The Morgan fingerprint density at radius 3 is 2.33 bits per heavy atom. The zero-order valence-corrected chi connectivity index (χ0v) is 16.7. The molecule has 1 heterocycles. The van der Waals surface area contributed by atoms with E-state index in [0.717, 1.165) is 18.3 Å². The van der Waals surface area contributed by atoms with E-state index in [9.17, 15) is 0 Å². The molecule has 6 heteroatoms. The van der Waals surface area contributed by atoms with Crippen LogP contribution in [-0.2, 0) is 8.23 Å². The Morgan fingerprint density at radius 1 is 1.28 bits per heavy atom. The lowest BCUT2D eigenvalue weighted by Crippen LogP contribution is -2.64. The SMILES string of the molecule is CC[Si]1(C)O[SiH](CCCCl)O[Si](C)(C(C)C)C1C. The molecule has 0 radical (unpaired) electrons. The monoisotopic (exact) mass is 324 g/mol. The molecule has 0 amide bonds. The van der Waals surface area contributed by atoms with Crippen LogP contribution in [0.25, 0.3) is 0 Å². The summed E-state index contributed by atoms with van der Waals surface area (Å²) in [4.78, 5) is 0. The summed E-state index contributed by atoms with van der Waals surface area (Å²) in [5.41, 5.74) is 0.681. The molecule has 1 aliphatic heterocycles. The van der Waals surface area contributed by atoms with E-state index in [4.69, 9.17) is 19.8 Å². The molecular formula is C12H29ClO2Si3. The lowest BCUT2D eigenvalue weighted by Gasteiger charge is -2.52. The maximum Gasteiger partial charge on any atom is 0.300 e. The van der Waals surface area contributed by atoms with Crippen LogP contribution in [0.4, 0.5) is 0 Å². The fourth-order valence-electron chi connectivity index (χ4n) is 2.81. The second-order valence-corrected chi connectivity index (χ2v) is 19.1. The van der Waals surface area contributed by atoms with Crippen molar-refractivity contribution in [2.24, 2.45) is 0 Å². The smallest absolute Gasteiger partial charge is 0.300 e. The molecular weight excluding hydrogens is 296 g/mol. The maximum absolute atomic E-state index is 6.58. The van der Waals surface area contributed by atoms with Crippen LogP contribution in [0.15, 0.2) is 0 Å². The Morgan fingerprint density at radius 2 is 1.89 bits per heavy atom. The summed E-state index contributed by atoms with van der Waals surface area (Å²) < 4.78 is 13.1. The molecule has 0 N–H and O–H groups in total. The molecule has 4 atom stereocenters. The summed E-state index contributed by atoms with van der Waals surface area (Å²) in [6.45, 7) is 14.2. The summed E-state index contributed by atoms with van der Waals surface area (Å²) in [6.07, 6.45) is 1.05. The molecule has 0 aromatic rings. The molecule has 0 aromatic heterocycles.